The van der Waals surface area contributed by atoms with Gasteiger partial charge in [0.25, 0.3) is 5.91 Å². The summed E-state index contributed by atoms with van der Waals surface area (Å²) >= 11 is 0. The molecule has 0 fully saturated rings. The van der Waals surface area contributed by atoms with Crippen LogP contribution >= 0.6 is 0 Å². The number of anilines is 2. The van der Waals surface area contributed by atoms with E-state index < -0.39 is 0 Å². The second-order valence-electron chi connectivity index (χ2n) is 10.3. The van der Waals surface area contributed by atoms with Crippen molar-refractivity contribution in [2.24, 2.45) is 5.10 Å². The third kappa shape index (κ3) is 6.75. The maximum absolute atomic E-state index is 13.0. The molecule has 0 saturated heterocycles. The van der Waals surface area contributed by atoms with E-state index in [1.165, 1.54) is 5.56 Å². The monoisotopic (exact) mass is 558 g/mol. The summed E-state index contributed by atoms with van der Waals surface area (Å²) in [5.41, 5.74) is 8.61. The summed E-state index contributed by atoms with van der Waals surface area (Å²) in [4.78, 5) is 17.6. The molecule has 7 heteroatoms. The molecule has 0 aliphatic rings. The van der Waals surface area contributed by atoms with Crippen LogP contribution in [0.3, 0.4) is 0 Å². The summed E-state index contributed by atoms with van der Waals surface area (Å²) in [5.74, 6) is 2.26. The van der Waals surface area contributed by atoms with Gasteiger partial charge in [0.15, 0.2) is 5.82 Å². The second kappa shape index (κ2) is 13.0. The van der Waals surface area contributed by atoms with Crippen LogP contribution in [0.25, 0.3) is 10.8 Å². The molecule has 0 radical (unpaired) electrons. The Morgan fingerprint density at radius 2 is 1.71 bits per heavy atom. The molecule has 42 heavy (non-hydrogen) atoms. The van der Waals surface area contributed by atoms with Gasteiger partial charge in [0, 0.05) is 28.4 Å². The van der Waals surface area contributed by atoms with Crippen molar-refractivity contribution in [2.75, 3.05) is 17.9 Å². The van der Waals surface area contributed by atoms with Crippen LogP contribution in [0.4, 0.5) is 11.5 Å². The molecular weight excluding hydrogens is 524 g/mol. The molecule has 0 aliphatic heterocycles. The van der Waals surface area contributed by atoms with E-state index in [2.05, 4.69) is 47.7 Å². The molecule has 1 heterocycles. The average molecular weight is 559 g/mol. The lowest BCUT2D eigenvalue weighted by Gasteiger charge is -2.13. The molecule has 5 aromatic rings. The molecule has 5 rings (SSSR count). The van der Waals surface area contributed by atoms with Gasteiger partial charge >= 0.3 is 0 Å². The molecule has 0 atom stereocenters. The van der Waals surface area contributed by atoms with Crippen LogP contribution in [-0.2, 0) is 6.61 Å². The van der Waals surface area contributed by atoms with Gasteiger partial charge in [0.2, 0.25) is 0 Å². The number of pyridine rings is 1. The van der Waals surface area contributed by atoms with E-state index in [4.69, 9.17) is 9.47 Å². The molecule has 0 bridgehead atoms. The number of methoxy groups -OCH3 is 1. The Morgan fingerprint density at radius 3 is 2.50 bits per heavy atom. The van der Waals surface area contributed by atoms with Crippen molar-refractivity contribution >= 4 is 34.4 Å². The van der Waals surface area contributed by atoms with Crippen molar-refractivity contribution in [3.05, 3.63) is 125 Å². The number of carbonyl (C=O) groups excluding carboxylic acids is 1. The number of carbonyl (C=O) groups is 1. The maximum atomic E-state index is 13.0. The lowest BCUT2D eigenvalue weighted by atomic mass is 9.97. The highest BCUT2D eigenvalue weighted by atomic mass is 16.5. The van der Waals surface area contributed by atoms with Crippen LogP contribution in [0.15, 0.2) is 102 Å². The number of benzene rings is 4. The van der Waals surface area contributed by atoms with E-state index in [1.807, 2.05) is 72.8 Å². The number of aromatic nitrogens is 1. The number of nitrogens with one attached hydrogen (secondary N) is 2. The zero-order chi connectivity index (χ0) is 29.5. The molecule has 0 aliphatic carbocycles. The van der Waals surface area contributed by atoms with Gasteiger partial charge in [-0.25, -0.2) is 4.98 Å². The van der Waals surface area contributed by atoms with Crippen LogP contribution in [0.2, 0.25) is 0 Å². The Labute approximate surface area is 246 Å². The van der Waals surface area contributed by atoms with E-state index in [9.17, 15) is 4.79 Å². The number of hydrazone groups is 1. The van der Waals surface area contributed by atoms with Crippen LogP contribution in [0.1, 0.15) is 52.4 Å². The Balaban J connectivity index is 1.27. The highest BCUT2D eigenvalue weighted by Crippen LogP contribution is 2.27. The Kier molecular flexibility index (Phi) is 8.78. The maximum Gasteiger partial charge on any atom is 0.255 e. The van der Waals surface area contributed by atoms with Gasteiger partial charge < -0.3 is 14.8 Å². The first-order valence-electron chi connectivity index (χ1n) is 13.9. The molecule has 212 valence electrons. The number of ether oxygens (including phenoxy) is 2. The number of hydrogen-bond donors (Lipinski definition) is 2. The highest BCUT2D eigenvalue weighted by Gasteiger charge is 2.11. The molecular formula is C35H34N4O3. The van der Waals surface area contributed by atoms with Crippen LogP contribution in [0.5, 0.6) is 11.5 Å². The Morgan fingerprint density at radius 1 is 0.929 bits per heavy atom. The highest BCUT2D eigenvalue weighted by molar-refractivity contribution is 6.04. The zero-order valence-electron chi connectivity index (χ0n) is 24.2. The quantitative estimate of drug-likeness (QED) is 0.134. The Bertz CT molecular complexity index is 1750. The number of hydrogen-bond acceptors (Lipinski definition) is 6. The minimum absolute atomic E-state index is 0.186. The number of amides is 1. The van der Waals surface area contributed by atoms with Crippen LogP contribution < -0.4 is 20.2 Å². The minimum Gasteiger partial charge on any atom is -0.497 e. The second-order valence-corrected chi connectivity index (χ2v) is 10.3. The first-order chi connectivity index (χ1) is 20.4. The summed E-state index contributed by atoms with van der Waals surface area (Å²) in [7, 11) is 1.64. The Hall–Kier alpha value is -5.17. The normalized spacial score (nSPS) is 11.2. The third-order valence-corrected chi connectivity index (χ3v) is 7.00. The molecule has 1 amide bonds. The van der Waals surface area contributed by atoms with Crippen molar-refractivity contribution in [3.8, 4) is 11.5 Å². The van der Waals surface area contributed by atoms with Gasteiger partial charge in [-0.1, -0.05) is 62.4 Å². The molecule has 4 aromatic carbocycles. The molecule has 0 unspecified atom stereocenters. The number of aryl methyl sites for hydroxylation is 1. The number of rotatable bonds is 10. The van der Waals surface area contributed by atoms with Gasteiger partial charge in [-0.2, -0.15) is 5.10 Å². The van der Waals surface area contributed by atoms with Crippen molar-refractivity contribution in [1.29, 1.82) is 0 Å². The van der Waals surface area contributed by atoms with Crippen molar-refractivity contribution < 1.29 is 14.3 Å². The zero-order valence-corrected chi connectivity index (χ0v) is 24.2. The predicted molar refractivity (Wildman–Crippen MR) is 170 cm³/mol. The van der Waals surface area contributed by atoms with E-state index in [0.717, 1.165) is 38.9 Å². The van der Waals surface area contributed by atoms with E-state index >= 15 is 0 Å². The topological polar surface area (TPSA) is 84.8 Å². The van der Waals surface area contributed by atoms with Crippen LogP contribution in [0, 0.1) is 6.92 Å². The van der Waals surface area contributed by atoms with Crippen LogP contribution in [-0.4, -0.2) is 24.2 Å². The van der Waals surface area contributed by atoms with Crippen molar-refractivity contribution in [2.45, 2.75) is 33.3 Å². The standard InChI is InChI=1S/C35H34N4O3/c1-23(2)31-16-15-28(17-24(31)3)38-35(40)26-10-8-12-30(19-26)42-22-27-21-36-34(33-14-6-5-13-32(27)33)39-37-20-25-9-7-11-29(18-25)41-4/h5-21,23H,22H2,1-4H3,(H,36,39)(H,38,40). The van der Waals surface area contributed by atoms with E-state index in [1.54, 1.807) is 31.7 Å². The summed E-state index contributed by atoms with van der Waals surface area (Å²) in [6.07, 6.45) is 3.51. The third-order valence-electron chi connectivity index (χ3n) is 7.00. The number of fused-ring (bicyclic) bond motifs is 1. The van der Waals surface area contributed by atoms with Gasteiger partial charge in [-0.3, -0.25) is 10.2 Å². The molecule has 0 saturated carbocycles. The number of nitrogens with zero attached hydrogens (tertiary/aromatic N) is 2. The lowest BCUT2D eigenvalue weighted by molar-refractivity contribution is 0.102. The fourth-order valence-electron chi connectivity index (χ4n) is 4.84. The molecule has 2 N–H and O–H groups in total. The van der Waals surface area contributed by atoms with Gasteiger partial charge in [0.1, 0.15) is 18.1 Å². The van der Waals surface area contributed by atoms with Gasteiger partial charge in [-0.15, -0.1) is 0 Å². The summed E-state index contributed by atoms with van der Waals surface area (Å²) < 4.78 is 11.4. The van der Waals surface area contributed by atoms with E-state index in [-0.39, 0.29) is 5.91 Å². The van der Waals surface area contributed by atoms with Crippen molar-refractivity contribution in [3.63, 3.8) is 0 Å². The SMILES string of the molecule is COc1cccc(C=NNc2ncc(COc3cccc(C(=O)Nc4ccc(C(C)C)c(C)c4)c3)c3ccccc23)c1. The molecule has 0 spiro atoms. The summed E-state index contributed by atoms with van der Waals surface area (Å²) in [5, 5.41) is 9.30. The molecule has 1 aromatic heterocycles. The predicted octanol–water partition coefficient (Wildman–Crippen LogP) is 7.95. The molecule has 7 nitrogen and oxygen atoms in total. The summed E-state index contributed by atoms with van der Waals surface area (Å²) in [6.45, 7) is 6.68. The van der Waals surface area contributed by atoms with E-state index in [0.29, 0.717) is 29.7 Å². The fourth-order valence-corrected chi connectivity index (χ4v) is 4.84. The largest absolute Gasteiger partial charge is 0.497 e. The van der Waals surface area contributed by atoms with Crippen molar-refractivity contribution in [1.82, 2.24) is 4.98 Å². The fraction of sp³-hybridized carbons (Fsp3) is 0.171. The van der Waals surface area contributed by atoms with Gasteiger partial charge in [0.05, 0.1) is 13.3 Å². The summed E-state index contributed by atoms with van der Waals surface area (Å²) in [6, 6.07) is 28.8. The minimum atomic E-state index is -0.186. The first-order valence-corrected chi connectivity index (χ1v) is 13.9. The lowest BCUT2D eigenvalue weighted by Crippen LogP contribution is -2.12. The average Bonchev–Trinajstić information content (AvgIpc) is 3.00. The first kappa shape index (κ1) is 28.4. The van der Waals surface area contributed by atoms with Gasteiger partial charge in [-0.05, 0) is 77.4 Å². The smallest absolute Gasteiger partial charge is 0.255 e.